The number of allylic oxidation sites excluding steroid dienone is 18. The second-order valence-electron chi connectivity index (χ2n) is 16.7. The summed E-state index contributed by atoms with van der Waals surface area (Å²) in [6.07, 6.45) is 59.9. The molecule has 0 aromatic rings. The van der Waals surface area contributed by atoms with Crippen molar-refractivity contribution in [1.29, 1.82) is 0 Å². The minimum absolute atomic E-state index is 0.0389. The molecule has 62 heavy (non-hydrogen) atoms. The number of esters is 2. The number of carboxylic acids is 1. The summed E-state index contributed by atoms with van der Waals surface area (Å²) >= 11 is 0. The van der Waals surface area contributed by atoms with E-state index in [-0.39, 0.29) is 42.7 Å². The lowest BCUT2D eigenvalue weighted by atomic mass is 10.1. The Labute approximate surface area is 378 Å². The van der Waals surface area contributed by atoms with Crippen LogP contribution in [0.2, 0.25) is 0 Å². The third-order valence-electron chi connectivity index (χ3n) is 9.98. The second-order valence-corrected chi connectivity index (χ2v) is 16.7. The van der Waals surface area contributed by atoms with E-state index in [4.69, 9.17) is 14.2 Å². The van der Waals surface area contributed by atoms with E-state index in [0.717, 1.165) is 109 Å². The number of carbonyl (C=O) groups is 3. The molecule has 2 atom stereocenters. The molecule has 0 radical (unpaired) electrons. The molecule has 0 aliphatic heterocycles. The van der Waals surface area contributed by atoms with Crippen LogP contribution in [0.4, 0.5) is 0 Å². The van der Waals surface area contributed by atoms with E-state index in [2.05, 4.69) is 123 Å². The van der Waals surface area contributed by atoms with Crippen LogP contribution in [0.1, 0.15) is 162 Å². The highest BCUT2D eigenvalue weighted by molar-refractivity contribution is 5.72. The summed E-state index contributed by atoms with van der Waals surface area (Å²) in [5, 5.41) is 9.64. The Morgan fingerprint density at radius 2 is 0.935 bits per heavy atom. The third kappa shape index (κ3) is 41.3. The Kier molecular flexibility index (Phi) is 40.8. The maximum atomic E-state index is 12.8. The molecule has 0 aliphatic rings. The third-order valence-corrected chi connectivity index (χ3v) is 9.98. The maximum Gasteiger partial charge on any atom is 0.362 e. The Morgan fingerprint density at radius 1 is 0.500 bits per heavy atom. The molecule has 0 aliphatic carbocycles. The fraction of sp³-hybridized carbons (Fsp3) is 0.611. The topological polar surface area (TPSA) is 99.1 Å². The Morgan fingerprint density at radius 3 is 1.44 bits per heavy atom. The number of carbonyl (C=O) groups excluding carboxylic acids is 2. The van der Waals surface area contributed by atoms with Crippen molar-refractivity contribution in [2.45, 2.75) is 174 Å². The summed E-state index contributed by atoms with van der Waals surface area (Å²) in [6, 6.07) is -0.629. The molecule has 2 unspecified atom stereocenters. The molecular weight excluding hydrogens is 775 g/mol. The monoisotopic (exact) mass is 863 g/mol. The van der Waals surface area contributed by atoms with Crippen LogP contribution < -0.4 is 0 Å². The number of hydrogen-bond donors (Lipinski definition) is 1. The van der Waals surface area contributed by atoms with Crippen LogP contribution in [0.3, 0.4) is 0 Å². The van der Waals surface area contributed by atoms with Gasteiger partial charge in [-0.3, -0.25) is 9.59 Å². The summed E-state index contributed by atoms with van der Waals surface area (Å²) in [5.41, 5.74) is 0. The number of carboxylic acid groups (broad SMARTS) is 1. The normalized spacial score (nSPS) is 13.9. The fourth-order valence-electron chi connectivity index (χ4n) is 6.33. The first-order chi connectivity index (χ1) is 30.1. The highest BCUT2D eigenvalue weighted by Gasteiger charge is 2.31. The summed E-state index contributed by atoms with van der Waals surface area (Å²) in [6.45, 7) is 4.43. The van der Waals surface area contributed by atoms with Gasteiger partial charge in [0.05, 0.1) is 34.4 Å². The van der Waals surface area contributed by atoms with Gasteiger partial charge in [0, 0.05) is 19.3 Å². The average Bonchev–Trinajstić information content (AvgIpc) is 3.23. The number of ether oxygens (including phenoxy) is 3. The number of aliphatic carboxylic acids is 1. The van der Waals surface area contributed by atoms with Crippen molar-refractivity contribution in [2.24, 2.45) is 0 Å². The molecule has 8 nitrogen and oxygen atoms in total. The highest BCUT2D eigenvalue weighted by Crippen LogP contribution is 2.13. The largest absolute Gasteiger partial charge is 0.477 e. The van der Waals surface area contributed by atoms with Crippen molar-refractivity contribution in [2.75, 3.05) is 41.0 Å². The van der Waals surface area contributed by atoms with Crippen LogP contribution in [0.25, 0.3) is 0 Å². The fourth-order valence-corrected chi connectivity index (χ4v) is 6.33. The summed E-state index contributed by atoms with van der Waals surface area (Å²) in [7, 11) is 5.50. The van der Waals surface area contributed by atoms with Crippen LogP contribution in [0.15, 0.2) is 109 Å². The molecule has 0 fully saturated rings. The molecule has 0 rings (SSSR count). The van der Waals surface area contributed by atoms with Gasteiger partial charge in [0.15, 0.2) is 12.1 Å². The molecule has 0 aromatic heterocycles. The van der Waals surface area contributed by atoms with Gasteiger partial charge in [0.1, 0.15) is 6.61 Å². The smallest absolute Gasteiger partial charge is 0.362 e. The minimum Gasteiger partial charge on any atom is -0.477 e. The van der Waals surface area contributed by atoms with Gasteiger partial charge in [0.2, 0.25) is 0 Å². The molecule has 0 heterocycles. The van der Waals surface area contributed by atoms with E-state index in [0.29, 0.717) is 12.8 Å². The van der Waals surface area contributed by atoms with Gasteiger partial charge in [-0.1, -0.05) is 168 Å². The summed E-state index contributed by atoms with van der Waals surface area (Å²) in [4.78, 5) is 37.1. The van der Waals surface area contributed by atoms with Crippen LogP contribution in [0, 0.1) is 0 Å². The van der Waals surface area contributed by atoms with Crippen molar-refractivity contribution in [3.63, 3.8) is 0 Å². The van der Waals surface area contributed by atoms with Crippen LogP contribution in [0.5, 0.6) is 0 Å². The minimum atomic E-state index is -0.886. The Balaban J connectivity index is 4.38. The van der Waals surface area contributed by atoms with Crippen molar-refractivity contribution in [3.05, 3.63) is 109 Å². The molecule has 0 bridgehead atoms. The quantitative estimate of drug-likeness (QED) is 0.0215. The summed E-state index contributed by atoms with van der Waals surface area (Å²) < 4.78 is 17.3. The zero-order valence-corrected chi connectivity index (χ0v) is 39.8. The van der Waals surface area contributed by atoms with Gasteiger partial charge in [-0.05, 0) is 83.5 Å². The average molecular weight is 863 g/mol. The molecule has 1 N–H and O–H groups in total. The number of unbranched alkanes of at least 4 members (excludes halogenated alkanes) is 11. The Bertz CT molecular complexity index is 1370. The lowest BCUT2D eigenvalue weighted by molar-refractivity contribution is -0.887. The number of rotatable bonds is 41. The van der Waals surface area contributed by atoms with Crippen molar-refractivity contribution in [3.8, 4) is 0 Å². The molecular formula is C54H88NO7+. The first-order valence-electron chi connectivity index (χ1n) is 24.0. The first kappa shape index (κ1) is 58.0. The second kappa shape index (κ2) is 43.6. The molecule has 0 spiro atoms. The van der Waals surface area contributed by atoms with Crippen molar-refractivity contribution < 1.29 is 38.2 Å². The molecule has 0 saturated heterocycles. The predicted molar refractivity (Wildman–Crippen MR) is 261 cm³/mol. The first-order valence-corrected chi connectivity index (χ1v) is 24.0. The van der Waals surface area contributed by atoms with Crippen LogP contribution in [-0.4, -0.2) is 80.6 Å². The lowest BCUT2D eigenvalue weighted by Crippen LogP contribution is -2.50. The highest BCUT2D eigenvalue weighted by atomic mass is 16.6. The number of hydrogen-bond acceptors (Lipinski definition) is 6. The van der Waals surface area contributed by atoms with Crippen LogP contribution in [-0.2, 0) is 28.6 Å². The Hall–Kier alpha value is -4.01. The lowest BCUT2D eigenvalue weighted by Gasteiger charge is -2.31. The van der Waals surface area contributed by atoms with Gasteiger partial charge in [-0.25, -0.2) is 4.79 Å². The molecule has 0 amide bonds. The molecule has 8 heteroatoms. The summed E-state index contributed by atoms with van der Waals surface area (Å²) in [5.74, 6) is -1.53. The molecule has 350 valence electrons. The van der Waals surface area contributed by atoms with Gasteiger partial charge in [-0.15, -0.1) is 0 Å². The van der Waals surface area contributed by atoms with E-state index >= 15 is 0 Å². The predicted octanol–water partition coefficient (Wildman–Crippen LogP) is 13.6. The van der Waals surface area contributed by atoms with Gasteiger partial charge in [-0.2, -0.15) is 0 Å². The molecule has 0 saturated carbocycles. The van der Waals surface area contributed by atoms with Crippen molar-refractivity contribution >= 4 is 17.9 Å². The maximum absolute atomic E-state index is 12.8. The van der Waals surface area contributed by atoms with E-state index in [1.807, 2.05) is 21.1 Å². The van der Waals surface area contributed by atoms with E-state index < -0.39 is 18.1 Å². The zero-order valence-electron chi connectivity index (χ0n) is 39.8. The zero-order chi connectivity index (χ0) is 45.6. The number of quaternary nitrogens is 1. The number of nitrogens with zero attached hydrogens (tertiary/aromatic N) is 1. The van der Waals surface area contributed by atoms with E-state index in [1.165, 1.54) is 19.3 Å². The number of likely N-dealkylation sites (N-methyl/N-ethyl adjacent to an activating group) is 1. The van der Waals surface area contributed by atoms with Gasteiger partial charge < -0.3 is 23.8 Å². The van der Waals surface area contributed by atoms with Crippen LogP contribution >= 0.6 is 0 Å². The van der Waals surface area contributed by atoms with E-state index in [1.54, 1.807) is 0 Å². The van der Waals surface area contributed by atoms with Gasteiger partial charge >= 0.3 is 17.9 Å². The van der Waals surface area contributed by atoms with E-state index in [9.17, 15) is 19.5 Å². The standard InChI is InChI=1S/C54H87NO7/c1-6-8-10-12-14-16-18-20-22-23-24-25-26-27-28-29-31-33-35-37-39-41-43-45-53(57)62-50(48-60-47-46-51(54(58)59)55(3,4)5)49-61-52(56)44-42-40-38-36-34-32-30-21-19-17-15-13-11-9-7-2/h8-11,13-17,19-20,22,24-25,27-28,31,33,50-51H,6-7,12,18,21,23,26,29-30,32,34-49H2,1-5H3/p+1/b10-8+,11-9+,15-13+,16-14+,19-17+,22-20+,25-24+,28-27+,33-31+. The molecule has 0 aromatic carbocycles. The SMILES string of the molecule is CC/C=C/C=C/C=C/CCCCCCCCCC(=O)OCC(COCCC(C(=O)O)[N+](C)(C)C)OC(=O)CCCCCC/C=C/C/C=C/C/C=C/C/C=C/C/C=C/C/C=C/CC. The van der Waals surface area contributed by atoms with Gasteiger partial charge in [0.25, 0.3) is 0 Å². The van der Waals surface area contributed by atoms with Crippen molar-refractivity contribution in [1.82, 2.24) is 0 Å².